The van der Waals surface area contributed by atoms with E-state index in [0.29, 0.717) is 16.3 Å². The molecule has 0 aliphatic rings. The number of aryl methyl sites for hydroxylation is 1. The number of hydrogen-bond acceptors (Lipinski definition) is 6. The van der Waals surface area contributed by atoms with Crippen LogP contribution in [0.4, 0.5) is 0 Å². The number of nitrogens with zero attached hydrogens (tertiary/aromatic N) is 1. The van der Waals surface area contributed by atoms with Crippen molar-refractivity contribution in [3.05, 3.63) is 65.1 Å². The maximum atomic E-state index is 12.3. The van der Waals surface area contributed by atoms with Crippen LogP contribution in [-0.2, 0) is 9.53 Å². The topological polar surface area (TPSA) is 81.4 Å². The zero-order valence-electron chi connectivity index (χ0n) is 14.4. The summed E-state index contributed by atoms with van der Waals surface area (Å²) in [6, 6.07) is 12.8. The predicted molar refractivity (Wildman–Crippen MR) is 97.8 cm³/mol. The number of amides is 1. The average Bonchev–Trinajstić information content (AvgIpc) is 3.30. The first-order valence-electron chi connectivity index (χ1n) is 8.07. The third-order valence-corrected chi connectivity index (χ3v) is 4.87. The van der Waals surface area contributed by atoms with Gasteiger partial charge in [-0.25, -0.2) is 9.78 Å². The van der Waals surface area contributed by atoms with Gasteiger partial charge in [0.2, 0.25) is 0 Å². The molecule has 3 rings (SSSR count). The van der Waals surface area contributed by atoms with Gasteiger partial charge in [0.15, 0.2) is 6.61 Å². The average molecular weight is 370 g/mol. The molecule has 2 aromatic heterocycles. The fourth-order valence-electron chi connectivity index (χ4n) is 2.38. The highest BCUT2D eigenvalue weighted by Gasteiger charge is 2.19. The van der Waals surface area contributed by atoms with E-state index in [1.54, 1.807) is 26.0 Å². The van der Waals surface area contributed by atoms with E-state index in [4.69, 9.17) is 9.15 Å². The molecule has 1 N–H and O–H groups in total. The van der Waals surface area contributed by atoms with Gasteiger partial charge in [0.05, 0.1) is 18.0 Å². The van der Waals surface area contributed by atoms with Gasteiger partial charge in [0.1, 0.15) is 15.6 Å². The molecule has 0 radical (unpaired) electrons. The van der Waals surface area contributed by atoms with Crippen molar-refractivity contribution in [1.82, 2.24) is 10.3 Å². The summed E-state index contributed by atoms with van der Waals surface area (Å²) >= 11 is 1.25. The summed E-state index contributed by atoms with van der Waals surface area (Å²) < 4.78 is 10.3. The largest absolute Gasteiger partial charge is 0.467 e. The van der Waals surface area contributed by atoms with Crippen LogP contribution in [0.25, 0.3) is 10.6 Å². The van der Waals surface area contributed by atoms with Gasteiger partial charge in [-0.15, -0.1) is 11.3 Å². The number of thiazole rings is 1. The van der Waals surface area contributed by atoms with Crippen molar-refractivity contribution in [2.45, 2.75) is 19.9 Å². The highest BCUT2D eigenvalue weighted by molar-refractivity contribution is 7.17. The Morgan fingerprint density at radius 3 is 2.69 bits per heavy atom. The van der Waals surface area contributed by atoms with E-state index in [0.717, 1.165) is 10.6 Å². The Morgan fingerprint density at radius 1 is 1.23 bits per heavy atom. The van der Waals surface area contributed by atoms with E-state index in [-0.39, 0.29) is 12.6 Å². The van der Waals surface area contributed by atoms with Crippen LogP contribution >= 0.6 is 11.3 Å². The first-order valence-corrected chi connectivity index (χ1v) is 8.89. The fraction of sp³-hybridized carbons (Fsp3) is 0.211. The molecule has 0 spiro atoms. The maximum Gasteiger partial charge on any atom is 0.350 e. The number of carbonyl (C=O) groups excluding carboxylic acids is 2. The zero-order valence-corrected chi connectivity index (χ0v) is 15.2. The number of esters is 1. The minimum absolute atomic E-state index is 0.300. The van der Waals surface area contributed by atoms with Crippen molar-refractivity contribution in [3.8, 4) is 10.6 Å². The van der Waals surface area contributed by atoms with Crippen LogP contribution in [0.15, 0.2) is 53.1 Å². The molecule has 0 unspecified atom stereocenters. The van der Waals surface area contributed by atoms with Crippen LogP contribution in [-0.4, -0.2) is 23.5 Å². The van der Waals surface area contributed by atoms with Crippen LogP contribution in [0.5, 0.6) is 0 Å². The lowest BCUT2D eigenvalue weighted by Crippen LogP contribution is -2.30. The molecule has 0 saturated carbocycles. The molecular formula is C19H18N2O4S. The van der Waals surface area contributed by atoms with Gasteiger partial charge >= 0.3 is 5.97 Å². The molecular weight excluding hydrogens is 352 g/mol. The van der Waals surface area contributed by atoms with Crippen molar-refractivity contribution in [3.63, 3.8) is 0 Å². The smallest absolute Gasteiger partial charge is 0.350 e. The molecule has 0 fully saturated rings. The first kappa shape index (κ1) is 17.9. The Bertz CT molecular complexity index is 888. The number of aromatic nitrogens is 1. The minimum Gasteiger partial charge on any atom is -0.467 e. The zero-order chi connectivity index (χ0) is 18.5. The molecule has 0 aliphatic heterocycles. The lowest BCUT2D eigenvalue weighted by Gasteiger charge is -2.11. The summed E-state index contributed by atoms with van der Waals surface area (Å²) in [5, 5.41) is 3.45. The summed E-state index contributed by atoms with van der Waals surface area (Å²) in [4.78, 5) is 29.0. The molecule has 1 aromatic carbocycles. The summed E-state index contributed by atoms with van der Waals surface area (Å²) in [5.74, 6) is -0.314. The molecule has 7 heteroatoms. The van der Waals surface area contributed by atoms with E-state index in [2.05, 4.69) is 10.3 Å². The van der Waals surface area contributed by atoms with E-state index in [9.17, 15) is 9.59 Å². The van der Waals surface area contributed by atoms with E-state index in [1.807, 2.05) is 30.3 Å². The summed E-state index contributed by atoms with van der Waals surface area (Å²) in [5.41, 5.74) is 1.52. The van der Waals surface area contributed by atoms with Gasteiger partial charge in [0.25, 0.3) is 5.91 Å². The van der Waals surface area contributed by atoms with Crippen LogP contribution < -0.4 is 5.32 Å². The Labute approximate surface area is 154 Å². The maximum absolute atomic E-state index is 12.3. The standard InChI is InChI=1S/C19H18N2O4S/c1-12(15-9-6-10-24-15)20-16(22)11-25-19(23)17-13(2)21-18(26-17)14-7-4-3-5-8-14/h3-10,12H,11H2,1-2H3,(H,20,22)/t12-/m1/s1. The number of furan rings is 1. The van der Waals surface area contributed by atoms with Gasteiger partial charge in [-0.3, -0.25) is 4.79 Å². The Balaban J connectivity index is 1.58. The summed E-state index contributed by atoms with van der Waals surface area (Å²) in [6.45, 7) is 3.18. The number of rotatable bonds is 6. The van der Waals surface area contributed by atoms with Gasteiger partial charge < -0.3 is 14.5 Å². The number of hydrogen-bond donors (Lipinski definition) is 1. The Hall–Kier alpha value is -2.93. The number of benzene rings is 1. The van der Waals surface area contributed by atoms with Crippen LogP contribution in [0.1, 0.15) is 34.1 Å². The minimum atomic E-state index is -0.553. The van der Waals surface area contributed by atoms with E-state index in [1.165, 1.54) is 17.6 Å². The second-order valence-corrected chi connectivity index (χ2v) is 6.68. The van der Waals surface area contributed by atoms with Crippen LogP contribution in [0.2, 0.25) is 0 Å². The molecule has 0 bridgehead atoms. The lowest BCUT2D eigenvalue weighted by atomic mass is 10.2. The summed E-state index contributed by atoms with van der Waals surface area (Å²) in [6.07, 6.45) is 1.54. The number of nitrogens with one attached hydrogen (secondary N) is 1. The van der Waals surface area contributed by atoms with Crippen molar-refractivity contribution in [2.24, 2.45) is 0 Å². The number of ether oxygens (including phenoxy) is 1. The molecule has 0 aliphatic carbocycles. The van der Waals surface area contributed by atoms with Gasteiger partial charge in [-0.2, -0.15) is 0 Å². The normalized spacial score (nSPS) is 11.8. The fourth-order valence-corrected chi connectivity index (χ4v) is 3.34. The second kappa shape index (κ2) is 7.97. The third kappa shape index (κ3) is 4.18. The lowest BCUT2D eigenvalue weighted by molar-refractivity contribution is -0.125. The molecule has 1 amide bonds. The summed E-state index contributed by atoms with van der Waals surface area (Å²) in [7, 11) is 0. The van der Waals surface area contributed by atoms with Gasteiger partial charge in [-0.05, 0) is 26.0 Å². The van der Waals surface area contributed by atoms with E-state index < -0.39 is 11.9 Å². The van der Waals surface area contributed by atoms with E-state index >= 15 is 0 Å². The molecule has 3 aromatic rings. The van der Waals surface area contributed by atoms with Crippen LogP contribution in [0.3, 0.4) is 0 Å². The van der Waals surface area contributed by atoms with Gasteiger partial charge in [0, 0.05) is 5.56 Å². The second-order valence-electron chi connectivity index (χ2n) is 5.68. The highest BCUT2D eigenvalue weighted by atomic mass is 32.1. The predicted octanol–water partition coefficient (Wildman–Crippen LogP) is 3.75. The molecule has 6 nitrogen and oxygen atoms in total. The molecule has 0 saturated heterocycles. The van der Waals surface area contributed by atoms with Gasteiger partial charge in [-0.1, -0.05) is 30.3 Å². The van der Waals surface area contributed by atoms with Crippen molar-refractivity contribution >= 4 is 23.2 Å². The van der Waals surface area contributed by atoms with Crippen molar-refractivity contribution in [1.29, 1.82) is 0 Å². The third-order valence-electron chi connectivity index (χ3n) is 3.68. The first-order chi connectivity index (χ1) is 12.5. The molecule has 1 atom stereocenters. The van der Waals surface area contributed by atoms with Crippen molar-refractivity contribution in [2.75, 3.05) is 6.61 Å². The number of carbonyl (C=O) groups is 2. The molecule has 134 valence electrons. The SMILES string of the molecule is Cc1nc(-c2ccccc2)sc1C(=O)OCC(=O)N[C@H](C)c1ccco1. The Kier molecular flexibility index (Phi) is 5.48. The molecule has 2 heterocycles. The van der Waals surface area contributed by atoms with Crippen molar-refractivity contribution < 1.29 is 18.7 Å². The monoisotopic (exact) mass is 370 g/mol. The quantitative estimate of drug-likeness (QED) is 0.669. The highest BCUT2D eigenvalue weighted by Crippen LogP contribution is 2.28. The molecule has 26 heavy (non-hydrogen) atoms. The Morgan fingerprint density at radius 2 is 2.00 bits per heavy atom. The van der Waals surface area contributed by atoms with Crippen LogP contribution in [0, 0.1) is 6.92 Å².